The first-order chi connectivity index (χ1) is 43.8. The van der Waals surface area contributed by atoms with Crippen LogP contribution in [0.5, 0.6) is 11.5 Å². The first-order valence-corrected chi connectivity index (χ1v) is 32.5. The molecule has 4 aromatic heterocycles. The first kappa shape index (κ1) is 52.2. The minimum atomic E-state index is -2.86. The maximum Gasteiger partial charge on any atom is 0.269 e. The summed E-state index contributed by atoms with van der Waals surface area (Å²) in [5, 5.41) is 9.71. The van der Waals surface area contributed by atoms with E-state index in [4.69, 9.17) is 14.1 Å². The number of imidazole rings is 1. The van der Waals surface area contributed by atoms with E-state index in [2.05, 4.69) is 326 Å². The van der Waals surface area contributed by atoms with Gasteiger partial charge >= 0.3 is 0 Å². The third-order valence-electron chi connectivity index (χ3n) is 18.3. The summed E-state index contributed by atoms with van der Waals surface area (Å²) in [7, 11) is -2.86. The molecule has 1 aliphatic rings. The van der Waals surface area contributed by atoms with E-state index in [0.717, 1.165) is 111 Å². The molecule has 0 aliphatic carbocycles. The van der Waals surface area contributed by atoms with Crippen LogP contribution in [0.1, 0.15) is 26.3 Å². The van der Waals surface area contributed by atoms with Gasteiger partial charge in [-0.2, -0.15) is 0 Å². The molecule has 0 bridgehead atoms. The fraction of sp³-hybridized carbons (Fsp3) is 0.0488. The Kier molecular flexibility index (Phi) is 12.0. The minimum absolute atomic E-state index is 0.0425. The summed E-state index contributed by atoms with van der Waals surface area (Å²) in [5.74, 6) is 2.31. The first-order valence-electron chi connectivity index (χ1n) is 30.5. The predicted molar refractivity (Wildman–Crippen MR) is 367 cm³/mol. The molecular weight excluding hydrogens is 1100 g/mol. The summed E-state index contributed by atoms with van der Waals surface area (Å²) in [6.45, 7) is 6.72. The van der Waals surface area contributed by atoms with E-state index < -0.39 is 8.07 Å². The lowest BCUT2D eigenvalue weighted by Gasteiger charge is -2.34. The van der Waals surface area contributed by atoms with Gasteiger partial charge in [-0.05, 0) is 143 Å². The second-order valence-corrected chi connectivity index (χ2v) is 28.2. The van der Waals surface area contributed by atoms with Gasteiger partial charge in [0.15, 0.2) is 8.07 Å². The van der Waals surface area contributed by atoms with Gasteiger partial charge in [0.25, 0.3) is 6.33 Å². The van der Waals surface area contributed by atoms with E-state index >= 15 is 0 Å². The van der Waals surface area contributed by atoms with Gasteiger partial charge in [0.05, 0.1) is 33.4 Å². The lowest BCUT2D eigenvalue weighted by Crippen LogP contribution is -2.74. The number of hydrogen-bond acceptors (Lipinski definition) is 3. The van der Waals surface area contributed by atoms with Gasteiger partial charge in [-0.3, -0.25) is 13.7 Å². The highest BCUT2D eigenvalue weighted by Gasteiger charge is 2.42. The van der Waals surface area contributed by atoms with Crippen molar-refractivity contribution >= 4 is 83.6 Å². The molecule has 12 aromatic carbocycles. The van der Waals surface area contributed by atoms with Crippen LogP contribution in [0.4, 0.5) is 0 Å². The fourth-order valence-electron chi connectivity index (χ4n) is 14.2. The summed E-state index contributed by atoms with van der Waals surface area (Å²) < 4.78 is 20.6. The molecule has 0 N–H and O–H groups in total. The van der Waals surface area contributed by atoms with E-state index in [9.17, 15) is 0 Å². The second kappa shape index (κ2) is 20.5. The fourth-order valence-corrected chi connectivity index (χ4v) is 19.0. The summed E-state index contributed by atoms with van der Waals surface area (Å²) in [6.07, 6.45) is 5.95. The van der Waals surface area contributed by atoms with Crippen LogP contribution in [0.2, 0.25) is 0 Å². The molecule has 6 nitrogen and oxygen atoms in total. The second-order valence-electron chi connectivity index (χ2n) is 24.4. The molecule has 0 spiro atoms. The third kappa shape index (κ3) is 8.37. The Labute approximate surface area is 517 Å². The van der Waals surface area contributed by atoms with Crippen LogP contribution in [0.25, 0.3) is 116 Å². The highest BCUT2D eigenvalue weighted by molar-refractivity contribution is 7.20. The average Bonchev–Trinajstić information content (AvgIpc) is 1.96. The largest absolute Gasteiger partial charge is 0.458 e. The lowest BCUT2D eigenvalue weighted by atomic mass is 9.88. The molecule has 0 unspecified atom stereocenters. The van der Waals surface area contributed by atoms with Crippen molar-refractivity contribution in [2.45, 2.75) is 26.2 Å². The number of para-hydroxylation sites is 3. The van der Waals surface area contributed by atoms with Crippen molar-refractivity contribution in [2.24, 2.45) is 0 Å². The van der Waals surface area contributed by atoms with Crippen LogP contribution in [-0.2, 0) is 5.41 Å². The van der Waals surface area contributed by atoms with Gasteiger partial charge in [-0.25, -0.2) is 4.98 Å². The van der Waals surface area contributed by atoms with Crippen LogP contribution in [0.15, 0.2) is 302 Å². The summed E-state index contributed by atoms with van der Waals surface area (Å²) >= 11 is 0. The van der Waals surface area contributed by atoms with Crippen molar-refractivity contribution in [3.63, 3.8) is 0 Å². The number of pyridine rings is 1. The van der Waals surface area contributed by atoms with Crippen LogP contribution in [0.3, 0.4) is 0 Å². The van der Waals surface area contributed by atoms with Crippen LogP contribution < -0.4 is 30.1 Å². The Hall–Kier alpha value is -11.1. The Morgan fingerprint density at radius 2 is 0.966 bits per heavy atom. The molecule has 17 rings (SSSR count). The third-order valence-corrected chi connectivity index (χ3v) is 23.1. The summed E-state index contributed by atoms with van der Waals surface area (Å²) in [6, 6.07) is 106. The number of furan rings is 1. The Bertz CT molecular complexity index is 5370. The maximum absolute atomic E-state index is 6.95. The molecule has 0 fully saturated rings. The topological polar surface area (TPSA) is 49.0 Å². The van der Waals surface area contributed by atoms with Gasteiger partial charge in [-0.1, -0.05) is 239 Å². The zero-order valence-electron chi connectivity index (χ0n) is 49.4. The number of nitrogens with zero attached hydrogens (tertiary/aromatic N) is 4. The van der Waals surface area contributed by atoms with E-state index in [0.29, 0.717) is 5.75 Å². The predicted octanol–water partition coefficient (Wildman–Crippen LogP) is 17.5. The van der Waals surface area contributed by atoms with Gasteiger partial charge < -0.3 is 9.15 Å². The molecule has 0 atom stereocenters. The zero-order valence-corrected chi connectivity index (χ0v) is 50.4. The number of benzene rings is 12. The number of rotatable bonds is 9. The van der Waals surface area contributed by atoms with Crippen LogP contribution in [-0.4, -0.2) is 22.2 Å². The molecule has 0 amide bonds. The molecule has 5 heterocycles. The summed E-state index contributed by atoms with van der Waals surface area (Å²) in [4.78, 5) is 4.94. The van der Waals surface area contributed by atoms with Gasteiger partial charge in [0, 0.05) is 33.8 Å². The number of aromatic nitrogens is 4. The van der Waals surface area contributed by atoms with Gasteiger partial charge in [0.2, 0.25) is 0 Å². The van der Waals surface area contributed by atoms with Crippen molar-refractivity contribution in [1.29, 1.82) is 0 Å². The normalized spacial score (nSPS) is 12.2. The molecule has 0 saturated carbocycles. The number of ether oxygens (including phenoxy) is 1. The highest BCUT2D eigenvalue weighted by atomic mass is 28.3. The van der Waals surface area contributed by atoms with E-state index in [1.54, 1.807) is 0 Å². The zero-order chi connectivity index (χ0) is 59.4. The lowest BCUT2D eigenvalue weighted by molar-refractivity contribution is -0.570. The monoisotopic (exact) mass is 1160 g/mol. The van der Waals surface area contributed by atoms with Crippen molar-refractivity contribution in [3.05, 3.63) is 309 Å². The standard InChI is InChI=1S/C82H58N4O2Si/c1-82(2,3)55-46-47-83-79(49-55)86-74-38-18-17-34-68(74)69-43-41-58(51-76(69)86)87-57-23-19-22-56(50-57)84-53-85-80-63(35-20-36-70(80)66-32-15-13-30-64(66)65-31-14-16-33-67(65)71-37-21-39-75(84)81(71)85)54-40-44-77-72(48-54)73-52-62(42-45-78(73)88-77)89(59-24-7-4-8-25-59,60-26-9-5-10-27-60)61-28-11-6-12-29-61/h4-52H,1-3H3. The molecule has 422 valence electrons. The Morgan fingerprint density at radius 1 is 0.416 bits per heavy atom. The molecule has 0 saturated heterocycles. The Balaban J connectivity index is 0.845. The Morgan fingerprint density at radius 3 is 1.67 bits per heavy atom. The molecule has 0 radical (unpaired) electrons. The van der Waals surface area contributed by atoms with Crippen LogP contribution in [0, 0.1) is 6.33 Å². The van der Waals surface area contributed by atoms with E-state index in [1.165, 1.54) is 37.4 Å². The molecule has 1 aliphatic heterocycles. The SMILES string of the molecule is CC(C)(C)c1ccnc(-n2c3ccccc3c3ccc(Oc4cccc(-n5[c-][n+]6c7c(cccc75)-c5ccccc5-c5ccccc5-c5cccc(-c7ccc8oc9ccc([Si](c%10ccccc%10)(c%10ccccc%10)c%10ccccc%10)cc9c8c7)c5-6)c4)cc32)c1. The van der Waals surface area contributed by atoms with Crippen LogP contribution >= 0.6 is 0 Å². The smallest absolute Gasteiger partial charge is 0.269 e. The van der Waals surface area contributed by atoms with Crippen molar-refractivity contribution in [3.8, 4) is 73.2 Å². The van der Waals surface area contributed by atoms with E-state index in [1.807, 2.05) is 12.3 Å². The highest BCUT2D eigenvalue weighted by Crippen LogP contribution is 2.46. The van der Waals surface area contributed by atoms with Crippen molar-refractivity contribution < 1.29 is 13.7 Å². The number of hydrogen-bond donors (Lipinski definition) is 0. The average molecular weight is 1160 g/mol. The van der Waals surface area contributed by atoms with Gasteiger partial charge in [-0.15, -0.1) is 0 Å². The molecular formula is C82H58N4O2Si. The maximum atomic E-state index is 6.95. The van der Waals surface area contributed by atoms with E-state index in [-0.39, 0.29) is 5.41 Å². The molecule has 7 heteroatoms. The molecule has 16 aromatic rings. The minimum Gasteiger partial charge on any atom is -0.458 e. The van der Waals surface area contributed by atoms with Crippen molar-refractivity contribution in [2.75, 3.05) is 0 Å². The van der Waals surface area contributed by atoms with Gasteiger partial charge in [0.1, 0.15) is 28.5 Å². The molecule has 89 heavy (non-hydrogen) atoms. The number of fused-ring (bicyclic) bond motifs is 13. The summed E-state index contributed by atoms with van der Waals surface area (Å²) in [5.41, 5.74) is 17.9. The quantitative estimate of drug-likeness (QED) is 0.0626. The van der Waals surface area contributed by atoms with Crippen molar-refractivity contribution in [1.82, 2.24) is 14.1 Å².